The van der Waals surface area contributed by atoms with E-state index in [0.717, 1.165) is 22.3 Å². The molecule has 0 spiro atoms. The quantitative estimate of drug-likeness (QED) is 0.304. The van der Waals surface area contributed by atoms with Gasteiger partial charge in [0.15, 0.2) is 0 Å². The number of rotatable bonds is 2. The van der Waals surface area contributed by atoms with Crippen molar-refractivity contribution in [3.8, 4) is 0 Å². The van der Waals surface area contributed by atoms with Crippen LogP contribution in [0.5, 0.6) is 0 Å². The van der Waals surface area contributed by atoms with Crippen molar-refractivity contribution in [2.24, 2.45) is 11.8 Å². The minimum Gasteiger partial charge on any atom is -0.274 e. The average Bonchev–Trinajstić information content (AvgIpc) is 3.04. The lowest BCUT2D eigenvalue weighted by Crippen LogP contribution is -2.41. The van der Waals surface area contributed by atoms with Crippen LogP contribution >= 0.6 is 15.9 Å². The van der Waals surface area contributed by atoms with Gasteiger partial charge in [0.25, 0.3) is 5.69 Å². The van der Waals surface area contributed by atoms with Gasteiger partial charge in [-0.15, -0.1) is 0 Å². The highest BCUT2D eigenvalue weighted by Crippen LogP contribution is 2.61. The van der Waals surface area contributed by atoms with E-state index in [-0.39, 0.29) is 29.3 Å². The van der Waals surface area contributed by atoms with E-state index in [2.05, 4.69) is 40.2 Å². The molecule has 152 valence electrons. The third-order valence-corrected chi connectivity index (χ3v) is 7.47. The van der Waals surface area contributed by atoms with Gasteiger partial charge in [0.1, 0.15) is 0 Å². The summed E-state index contributed by atoms with van der Waals surface area (Å²) in [5.41, 5.74) is 4.68. The maximum Gasteiger partial charge on any atom is 0.270 e. The predicted octanol–water partition coefficient (Wildman–Crippen LogP) is 4.75. The Hall–Kier alpha value is -3.32. The molecule has 31 heavy (non-hydrogen) atoms. The Morgan fingerprint density at radius 1 is 0.774 bits per heavy atom. The molecule has 1 heterocycles. The van der Waals surface area contributed by atoms with Crippen molar-refractivity contribution in [2.75, 3.05) is 4.90 Å². The van der Waals surface area contributed by atoms with Crippen molar-refractivity contribution in [1.82, 2.24) is 0 Å². The Balaban J connectivity index is 1.53. The summed E-state index contributed by atoms with van der Waals surface area (Å²) in [5, 5.41) is 11.1. The van der Waals surface area contributed by atoms with Gasteiger partial charge >= 0.3 is 0 Å². The van der Waals surface area contributed by atoms with E-state index in [1.807, 2.05) is 24.3 Å². The third kappa shape index (κ3) is 2.32. The van der Waals surface area contributed by atoms with Gasteiger partial charge in [0.05, 0.1) is 22.4 Å². The van der Waals surface area contributed by atoms with E-state index in [1.165, 1.54) is 23.1 Å². The van der Waals surface area contributed by atoms with Crippen molar-refractivity contribution in [1.29, 1.82) is 0 Å². The normalized spacial score (nSPS) is 25.3. The van der Waals surface area contributed by atoms with E-state index in [1.54, 1.807) is 0 Å². The second-order valence-corrected chi connectivity index (χ2v) is 9.02. The number of hydrogen-bond donors (Lipinski definition) is 0. The topological polar surface area (TPSA) is 80.5 Å². The maximum absolute atomic E-state index is 13.7. The van der Waals surface area contributed by atoms with E-state index in [9.17, 15) is 19.7 Å². The van der Waals surface area contributed by atoms with Gasteiger partial charge in [0.2, 0.25) is 11.8 Å². The fourth-order valence-electron chi connectivity index (χ4n) is 5.71. The summed E-state index contributed by atoms with van der Waals surface area (Å²) in [6, 6.07) is 20.2. The lowest BCUT2D eigenvalue weighted by atomic mass is 9.55. The van der Waals surface area contributed by atoms with Crippen LogP contribution in [-0.2, 0) is 9.59 Å². The molecule has 2 atom stereocenters. The summed E-state index contributed by atoms with van der Waals surface area (Å²) >= 11 is 3.33. The zero-order chi connectivity index (χ0) is 21.4. The number of benzene rings is 3. The minimum absolute atomic E-state index is 0.105. The molecule has 6 nitrogen and oxygen atoms in total. The number of hydrogen-bond acceptors (Lipinski definition) is 4. The number of amides is 2. The molecule has 2 bridgehead atoms. The molecule has 0 saturated carbocycles. The monoisotopic (exact) mass is 474 g/mol. The van der Waals surface area contributed by atoms with Gasteiger partial charge in [-0.2, -0.15) is 0 Å². The van der Waals surface area contributed by atoms with Gasteiger partial charge in [-0.25, -0.2) is 4.90 Å². The number of nitro groups is 1. The molecule has 1 aliphatic heterocycles. The number of anilines is 1. The summed E-state index contributed by atoms with van der Waals surface area (Å²) in [7, 11) is 0. The molecule has 0 radical (unpaired) electrons. The van der Waals surface area contributed by atoms with Crippen molar-refractivity contribution < 1.29 is 14.5 Å². The second kappa shape index (κ2) is 6.34. The fourth-order valence-corrected chi connectivity index (χ4v) is 6.25. The molecule has 3 aromatic rings. The van der Waals surface area contributed by atoms with E-state index in [0.29, 0.717) is 10.2 Å². The van der Waals surface area contributed by atoms with Gasteiger partial charge in [-0.1, -0.05) is 48.5 Å². The molecule has 1 fully saturated rings. The number of nitrogens with zero attached hydrogens (tertiary/aromatic N) is 2. The predicted molar refractivity (Wildman–Crippen MR) is 117 cm³/mol. The Kier molecular flexibility index (Phi) is 3.77. The van der Waals surface area contributed by atoms with Crippen LogP contribution in [0.4, 0.5) is 11.4 Å². The highest BCUT2D eigenvalue weighted by molar-refractivity contribution is 9.10. The molecule has 0 N–H and O–H groups in total. The Bertz CT molecular complexity index is 1200. The molecular weight excluding hydrogens is 460 g/mol. The van der Waals surface area contributed by atoms with Crippen molar-refractivity contribution >= 4 is 39.1 Å². The molecule has 0 unspecified atom stereocenters. The number of halogens is 1. The lowest BCUT2D eigenvalue weighted by molar-refractivity contribution is -0.384. The number of carbonyl (C=O) groups is 2. The highest BCUT2D eigenvalue weighted by atomic mass is 79.9. The molecular formula is C24H15BrN2O4. The van der Waals surface area contributed by atoms with Crippen LogP contribution in [0.3, 0.4) is 0 Å². The maximum atomic E-state index is 13.7. The first-order chi connectivity index (χ1) is 15.0. The Morgan fingerprint density at radius 2 is 1.23 bits per heavy atom. The first-order valence-electron chi connectivity index (χ1n) is 9.98. The van der Waals surface area contributed by atoms with Crippen molar-refractivity contribution in [3.63, 3.8) is 0 Å². The van der Waals surface area contributed by atoms with Crippen molar-refractivity contribution in [2.45, 2.75) is 11.8 Å². The molecule has 7 heteroatoms. The molecule has 1 saturated heterocycles. The van der Waals surface area contributed by atoms with E-state index >= 15 is 0 Å². The van der Waals surface area contributed by atoms with Crippen LogP contribution in [0.15, 0.2) is 71.2 Å². The summed E-state index contributed by atoms with van der Waals surface area (Å²) in [6.07, 6.45) is 0. The second-order valence-electron chi connectivity index (χ2n) is 8.17. The molecule has 3 aliphatic carbocycles. The number of non-ortho nitro benzene ring substituents is 1. The van der Waals surface area contributed by atoms with E-state index in [4.69, 9.17) is 0 Å². The van der Waals surface area contributed by atoms with Crippen LogP contribution in [0.1, 0.15) is 34.1 Å². The third-order valence-electron chi connectivity index (χ3n) is 6.83. The average molecular weight is 475 g/mol. The summed E-state index contributed by atoms with van der Waals surface area (Å²) in [4.78, 5) is 39.2. The molecule has 7 rings (SSSR count). The molecule has 3 aromatic carbocycles. The lowest BCUT2D eigenvalue weighted by Gasteiger charge is -2.45. The molecule has 0 aromatic heterocycles. The van der Waals surface area contributed by atoms with Gasteiger partial charge in [0, 0.05) is 28.4 Å². The zero-order valence-corrected chi connectivity index (χ0v) is 17.7. The molecule has 2 amide bonds. The number of nitro benzene ring substituents is 1. The molecule has 4 aliphatic rings. The minimum atomic E-state index is -0.505. The number of carbonyl (C=O) groups excluding carboxylic acids is 2. The first kappa shape index (κ1) is 18.4. The van der Waals surface area contributed by atoms with Crippen LogP contribution in [0.2, 0.25) is 0 Å². The van der Waals surface area contributed by atoms with Crippen LogP contribution < -0.4 is 4.90 Å². The Labute approximate surface area is 185 Å². The Morgan fingerprint density at radius 3 is 1.61 bits per heavy atom. The highest BCUT2D eigenvalue weighted by Gasteiger charge is 2.61. The van der Waals surface area contributed by atoms with Gasteiger partial charge in [-0.3, -0.25) is 19.7 Å². The van der Waals surface area contributed by atoms with Crippen LogP contribution in [0, 0.1) is 22.0 Å². The standard InChI is InChI=1S/C24H15BrN2O4/c25-17-11-12(27(30)31)9-10-18(17)26-23(28)21-19-13-5-1-2-6-14(13)20(22(21)24(26)29)16-8-4-3-7-15(16)19/h1-11,19-22H/t19?,20?,21-,22-/m1/s1. The largest absolute Gasteiger partial charge is 0.274 e. The SMILES string of the molecule is O=C1[C@@H]2C3c4ccccc4C(c4ccccc43)[C@H]2C(=O)N1c1ccc([N+](=O)[O-])cc1Br. The smallest absolute Gasteiger partial charge is 0.270 e. The number of imide groups is 1. The van der Waals surface area contributed by atoms with Crippen LogP contribution in [0.25, 0.3) is 0 Å². The van der Waals surface area contributed by atoms with Gasteiger partial charge in [-0.05, 0) is 44.3 Å². The van der Waals surface area contributed by atoms with Crippen molar-refractivity contribution in [3.05, 3.63) is 104 Å². The van der Waals surface area contributed by atoms with Gasteiger partial charge < -0.3 is 0 Å². The first-order valence-corrected chi connectivity index (χ1v) is 10.8. The van der Waals surface area contributed by atoms with Crippen LogP contribution in [-0.4, -0.2) is 16.7 Å². The zero-order valence-electron chi connectivity index (χ0n) is 16.1. The summed E-state index contributed by atoms with van der Waals surface area (Å²) in [6.45, 7) is 0. The fraction of sp³-hybridized carbons (Fsp3) is 0.167. The summed E-state index contributed by atoms with van der Waals surface area (Å²) in [5.74, 6) is -1.82. The summed E-state index contributed by atoms with van der Waals surface area (Å²) < 4.78 is 0.351. The van der Waals surface area contributed by atoms with E-state index < -0.39 is 16.8 Å².